The molecule has 0 saturated heterocycles. The number of hydrogen-bond acceptors (Lipinski definition) is 4. The van der Waals surface area contributed by atoms with Crippen LogP contribution in [0, 0.1) is 12.7 Å². The summed E-state index contributed by atoms with van der Waals surface area (Å²) in [5.74, 6) is -0.716. The van der Waals surface area contributed by atoms with E-state index in [1.54, 1.807) is 23.9 Å². The third kappa shape index (κ3) is 5.38. The topological polar surface area (TPSA) is 81.1 Å². The van der Waals surface area contributed by atoms with Crippen LogP contribution in [0.5, 0.6) is 0 Å². The van der Waals surface area contributed by atoms with Crippen molar-refractivity contribution in [2.75, 3.05) is 5.75 Å². The molecule has 8 heteroatoms. The summed E-state index contributed by atoms with van der Waals surface area (Å²) in [5.41, 5.74) is 4.30. The second-order valence-electron chi connectivity index (χ2n) is 9.57. The Kier molecular flexibility index (Phi) is 7.24. The van der Waals surface area contributed by atoms with Gasteiger partial charge in [0.05, 0.1) is 17.8 Å². The van der Waals surface area contributed by atoms with Crippen LogP contribution in [0.2, 0.25) is 0 Å². The van der Waals surface area contributed by atoms with Gasteiger partial charge in [0.2, 0.25) is 10.0 Å². The minimum absolute atomic E-state index is 0.0333. The number of fused-ring (bicyclic) bond motifs is 1. The van der Waals surface area contributed by atoms with Gasteiger partial charge in [0.15, 0.2) is 0 Å². The lowest BCUT2D eigenvalue weighted by Crippen LogP contribution is -2.46. The summed E-state index contributed by atoms with van der Waals surface area (Å²) in [6.45, 7) is 7.36. The highest BCUT2D eigenvalue weighted by Gasteiger charge is 2.35. The Balaban J connectivity index is 1.79. The molecule has 0 unspecified atom stereocenters. The number of sulfonamides is 1. The Labute approximate surface area is 206 Å². The van der Waals surface area contributed by atoms with Crippen LogP contribution in [-0.4, -0.2) is 29.8 Å². The Hall–Kier alpha value is -2.84. The van der Waals surface area contributed by atoms with Crippen molar-refractivity contribution in [3.63, 3.8) is 0 Å². The molecule has 0 fully saturated rings. The number of halogens is 1. The number of nitrogens with zero attached hydrogens (tertiary/aromatic N) is 2. The Bertz CT molecular complexity index is 1400. The van der Waals surface area contributed by atoms with Gasteiger partial charge >= 0.3 is 0 Å². The first-order valence-electron chi connectivity index (χ1n) is 12.0. The molecule has 2 atom stereocenters. The zero-order valence-electron chi connectivity index (χ0n) is 20.6. The number of aryl methyl sites for hydroxylation is 2. The molecule has 1 heterocycles. The lowest BCUT2D eigenvalue weighted by molar-refractivity contribution is 0.412. The summed E-state index contributed by atoms with van der Waals surface area (Å²) in [6.07, 6.45) is 3.11. The highest BCUT2D eigenvalue weighted by Crippen LogP contribution is 2.34. The first-order valence-corrected chi connectivity index (χ1v) is 13.7. The van der Waals surface area contributed by atoms with E-state index in [1.165, 1.54) is 6.07 Å². The van der Waals surface area contributed by atoms with E-state index in [9.17, 15) is 17.6 Å². The van der Waals surface area contributed by atoms with Crippen molar-refractivity contribution in [1.29, 1.82) is 0 Å². The average Bonchev–Trinajstić information content (AvgIpc) is 2.82. The van der Waals surface area contributed by atoms with E-state index in [1.807, 2.05) is 51.1 Å². The van der Waals surface area contributed by atoms with Crippen LogP contribution < -0.4 is 10.3 Å². The van der Waals surface area contributed by atoms with Gasteiger partial charge in [-0.15, -0.1) is 0 Å². The summed E-state index contributed by atoms with van der Waals surface area (Å²) in [4.78, 5) is 18.1. The maximum atomic E-state index is 14.6. The van der Waals surface area contributed by atoms with Crippen LogP contribution in [0.4, 0.5) is 4.39 Å². The predicted molar refractivity (Wildman–Crippen MR) is 137 cm³/mol. The van der Waals surface area contributed by atoms with Crippen LogP contribution in [0.15, 0.2) is 53.6 Å². The molecule has 1 aromatic heterocycles. The van der Waals surface area contributed by atoms with E-state index in [0.717, 1.165) is 22.4 Å². The molecule has 0 spiro atoms. The molecule has 1 N–H and O–H groups in total. The largest absolute Gasteiger partial charge is 0.296 e. The molecular weight excluding hydrogens is 465 g/mol. The fraction of sp³-hybridized carbons (Fsp3) is 0.407. The Morgan fingerprint density at radius 2 is 1.97 bits per heavy atom. The van der Waals surface area contributed by atoms with Crippen LogP contribution in [-0.2, 0) is 22.9 Å². The standard InChI is InChI=1S/C27H32FN3O3S/c1-5-35(33,34)30-24-11-12-25-26(27(32)31(16-29-25)17(2)3)22(24)15-19-7-6-8-20(14-19)21-13-18(4)9-10-23(21)28/h6-10,13-14,16-17,22,24,30H,5,11-12,15H2,1-4H3/t22-,24-/m0/s1. The lowest BCUT2D eigenvalue weighted by atomic mass is 9.78. The van der Waals surface area contributed by atoms with Crippen LogP contribution in [0.1, 0.15) is 61.5 Å². The van der Waals surface area contributed by atoms with Crippen molar-refractivity contribution in [1.82, 2.24) is 14.3 Å². The molecular formula is C27H32FN3O3S. The molecule has 0 aliphatic heterocycles. The highest BCUT2D eigenvalue weighted by molar-refractivity contribution is 7.89. The minimum Gasteiger partial charge on any atom is -0.296 e. The van der Waals surface area contributed by atoms with Crippen molar-refractivity contribution in [3.8, 4) is 11.1 Å². The quantitative estimate of drug-likeness (QED) is 0.521. The second kappa shape index (κ2) is 10.0. The van der Waals surface area contributed by atoms with Crippen molar-refractivity contribution < 1.29 is 12.8 Å². The molecule has 0 amide bonds. The fourth-order valence-corrected chi connectivity index (χ4v) is 5.74. The summed E-state index contributed by atoms with van der Waals surface area (Å²) in [5, 5.41) is 0. The van der Waals surface area contributed by atoms with Gasteiger partial charge in [0.25, 0.3) is 5.56 Å². The second-order valence-corrected chi connectivity index (χ2v) is 11.6. The van der Waals surface area contributed by atoms with E-state index in [4.69, 9.17) is 0 Å². The van der Waals surface area contributed by atoms with Crippen LogP contribution in [0.3, 0.4) is 0 Å². The zero-order valence-corrected chi connectivity index (χ0v) is 21.4. The molecule has 0 bridgehead atoms. The smallest absolute Gasteiger partial charge is 0.257 e. The van der Waals surface area contributed by atoms with Gasteiger partial charge in [-0.2, -0.15) is 0 Å². The maximum absolute atomic E-state index is 14.6. The highest BCUT2D eigenvalue weighted by atomic mass is 32.2. The van der Waals surface area contributed by atoms with Gasteiger partial charge in [-0.05, 0) is 70.2 Å². The van der Waals surface area contributed by atoms with Crippen LogP contribution >= 0.6 is 0 Å². The van der Waals surface area contributed by atoms with Gasteiger partial charge in [0.1, 0.15) is 5.82 Å². The fourth-order valence-electron chi connectivity index (χ4n) is 4.83. The lowest BCUT2D eigenvalue weighted by Gasteiger charge is -2.33. The SMILES string of the molecule is CCS(=O)(=O)N[C@H]1CCc2ncn(C(C)C)c(=O)c2[C@H]1Cc1cccc(-c2cc(C)ccc2F)c1. The van der Waals surface area contributed by atoms with E-state index in [0.29, 0.717) is 30.4 Å². The predicted octanol–water partition coefficient (Wildman–Crippen LogP) is 4.52. The van der Waals surface area contributed by atoms with Crippen molar-refractivity contribution in [3.05, 3.63) is 87.3 Å². The molecule has 2 aromatic carbocycles. The molecule has 1 aliphatic rings. The number of nitrogens with one attached hydrogen (secondary N) is 1. The average molecular weight is 498 g/mol. The maximum Gasteiger partial charge on any atom is 0.257 e. The normalized spacial score (nSPS) is 18.0. The number of aromatic nitrogens is 2. The summed E-state index contributed by atoms with van der Waals surface area (Å²) >= 11 is 0. The molecule has 35 heavy (non-hydrogen) atoms. The van der Waals surface area contributed by atoms with E-state index < -0.39 is 16.1 Å². The molecule has 3 aromatic rings. The summed E-state index contributed by atoms with van der Waals surface area (Å²) in [6, 6.07) is 12.1. The third-order valence-corrected chi connectivity index (χ3v) is 8.17. The molecule has 1 aliphatic carbocycles. The number of rotatable bonds is 7. The first kappa shape index (κ1) is 25.3. The van der Waals surface area contributed by atoms with Gasteiger partial charge in [0, 0.05) is 29.1 Å². The van der Waals surface area contributed by atoms with E-state index in [2.05, 4.69) is 9.71 Å². The molecule has 0 radical (unpaired) electrons. The van der Waals surface area contributed by atoms with E-state index in [-0.39, 0.29) is 29.1 Å². The van der Waals surface area contributed by atoms with Crippen molar-refractivity contribution in [2.24, 2.45) is 0 Å². The van der Waals surface area contributed by atoms with Crippen molar-refractivity contribution >= 4 is 10.0 Å². The number of hydrogen-bond donors (Lipinski definition) is 1. The monoisotopic (exact) mass is 497 g/mol. The van der Waals surface area contributed by atoms with Gasteiger partial charge in [-0.1, -0.05) is 35.9 Å². The third-order valence-electron chi connectivity index (χ3n) is 6.75. The van der Waals surface area contributed by atoms with Crippen molar-refractivity contribution in [2.45, 2.75) is 65.0 Å². The summed E-state index contributed by atoms with van der Waals surface area (Å²) in [7, 11) is -3.48. The molecule has 186 valence electrons. The van der Waals surface area contributed by atoms with Gasteiger partial charge < -0.3 is 0 Å². The van der Waals surface area contributed by atoms with Crippen LogP contribution in [0.25, 0.3) is 11.1 Å². The summed E-state index contributed by atoms with van der Waals surface area (Å²) < 4.78 is 44.0. The minimum atomic E-state index is -3.48. The Morgan fingerprint density at radius 1 is 1.20 bits per heavy atom. The molecule has 4 rings (SSSR count). The number of benzene rings is 2. The zero-order chi connectivity index (χ0) is 25.3. The Morgan fingerprint density at radius 3 is 2.69 bits per heavy atom. The van der Waals surface area contributed by atoms with E-state index >= 15 is 0 Å². The first-order chi connectivity index (χ1) is 16.6. The van der Waals surface area contributed by atoms with Gasteiger partial charge in [-0.3, -0.25) is 9.36 Å². The molecule has 6 nitrogen and oxygen atoms in total. The van der Waals surface area contributed by atoms with Gasteiger partial charge in [-0.25, -0.2) is 22.5 Å². The molecule has 0 saturated carbocycles.